The maximum absolute atomic E-state index is 12.6. The van der Waals surface area contributed by atoms with Crippen molar-refractivity contribution >= 4 is 27.5 Å². The first kappa shape index (κ1) is 16.8. The largest absolute Gasteiger partial charge is 0.321 e. The summed E-state index contributed by atoms with van der Waals surface area (Å²) in [7, 11) is 0. The molecule has 0 aliphatic heterocycles. The van der Waals surface area contributed by atoms with Gasteiger partial charge in [-0.25, -0.2) is 0 Å². The molecule has 2 nitrogen and oxygen atoms in total. The first-order chi connectivity index (χ1) is 10.4. The Hall–Kier alpha value is -1.61. The number of halogens is 1. The Morgan fingerprint density at radius 2 is 1.45 bits per heavy atom. The zero-order chi connectivity index (χ0) is 16.3. The minimum atomic E-state index is -0.0810. The van der Waals surface area contributed by atoms with Crippen molar-refractivity contribution in [2.75, 3.05) is 5.32 Å². The van der Waals surface area contributed by atoms with Gasteiger partial charge in [-0.3, -0.25) is 4.79 Å². The van der Waals surface area contributed by atoms with Crippen LogP contribution in [0.25, 0.3) is 0 Å². The van der Waals surface area contributed by atoms with Gasteiger partial charge in [0.1, 0.15) is 0 Å². The Kier molecular flexibility index (Phi) is 5.41. The number of hydrogen-bond acceptors (Lipinski definition) is 1. The molecule has 2 aromatic rings. The fraction of sp³-hybridized carbons (Fsp3) is 0.316. The second kappa shape index (κ2) is 7.10. The third-order valence-electron chi connectivity index (χ3n) is 3.73. The van der Waals surface area contributed by atoms with Gasteiger partial charge in [0.05, 0.1) is 5.56 Å². The van der Waals surface area contributed by atoms with Crippen molar-refractivity contribution in [1.29, 1.82) is 0 Å². The highest BCUT2D eigenvalue weighted by atomic mass is 79.9. The number of carbonyl (C=O) groups is 1. The maximum Gasteiger partial charge on any atom is 0.256 e. The van der Waals surface area contributed by atoms with Crippen LogP contribution in [0.15, 0.2) is 46.9 Å². The molecule has 0 aliphatic carbocycles. The molecule has 0 bridgehead atoms. The summed E-state index contributed by atoms with van der Waals surface area (Å²) in [6.45, 7) is 8.59. The molecule has 0 saturated heterocycles. The Bertz CT molecular complexity index is 651. The molecule has 2 rings (SSSR count). The van der Waals surface area contributed by atoms with E-state index in [1.807, 2.05) is 24.3 Å². The number of amides is 1. The Morgan fingerprint density at radius 1 is 0.909 bits per heavy atom. The topological polar surface area (TPSA) is 29.1 Å². The first-order valence-corrected chi connectivity index (χ1v) is 8.39. The Morgan fingerprint density at radius 3 is 1.95 bits per heavy atom. The van der Waals surface area contributed by atoms with E-state index in [0.29, 0.717) is 17.4 Å². The minimum Gasteiger partial charge on any atom is -0.321 e. The second-order valence-electron chi connectivity index (χ2n) is 6.05. The summed E-state index contributed by atoms with van der Waals surface area (Å²) >= 11 is 3.44. The molecule has 0 fully saturated rings. The summed E-state index contributed by atoms with van der Waals surface area (Å²) in [6, 6.07) is 13.7. The zero-order valence-corrected chi connectivity index (χ0v) is 15.1. The van der Waals surface area contributed by atoms with Gasteiger partial charge in [-0.15, -0.1) is 0 Å². The monoisotopic (exact) mass is 359 g/mol. The molecule has 22 heavy (non-hydrogen) atoms. The summed E-state index contributed by atoms with van der Waals surface area (Å²) in [6.07, 6.45) is 0. The van der Waals surface area contributed by atoms with Gasteiger partial charge < -0.3 is 5.32 Å². The molecule has 0 spiro atoms. The summed E-state index contributed by atoms with van der Waals surface area (Å²) in [5.41, 5.74) is 3.95. The van der Waals surface area contributed by atoms with Crippen LogP contribution in [0.4, 0.5) is 5.69 Å². The van der Waals surface area contributed by atoms with E-state index < -0.39 is 0 Å². The van der Waals surface area contributed by atoms with Crippen molar-refractivity contribution in [3.05, 3.63) is 63.6 Å². The van der Waals surface area contributed by atoms with Crippen molar-refractivity contribution in [2.24, 2.45) is 0 Å². The van der Waals surface area contributed by atoms with E-state index in [1.165, 1.54) is 11.1 Å². The van der Waals surface area contributed by atoms with Crippen LogP contribution in [0.1, 0.15) is 61.0 Å². The summed E-state index contributed by atoms with van der Waals surface area (Å²) in [5, 5.41) is 3.13. The van der Waals surface area contributed by atoms with Crippen LogP contribution in [-0.2, 0) is 0 Å². The highest BCUT2D eigenvalue weighted by molar-refractivity contribution is 9.10. The Labute approximate surface area is 141 Å². The molecule has 0 radical (unpaired) electrons. The average molecular weight is 360 g/mol. The summed E-state index contributed by atoms with van der Waals surface area (Å²) < 4.78 is 0.806. The fourth-order valence-electron chi connectivity index (χ4n) is 2.52. The number of rotatable bonds is 4. The third-order valence-corrected chi connectivity index (χ3v) is 4.42. The molecule has 0 saturated carbocycles. The van der Waals surface area contributed by atoms with Gasteiger partial charge in [0, 0.05) is 10.2 Å². The van der Waals surface area contributed by atoms with Crippen molar-refractivity contribution in [3.8, 4) is 0 Å². The molecule has 0 unspecified atom stereocenters. The molecular weight excluding hydrogens is 338 g/mol. The highest BCUT2D eigenvalue weighted by Crippen LogP contribution is 2.33. The van der Waals surface area contributed by atoms with Crippen LogP contribution in [0, 0.1) is 0 Å². The third kappa shape index (κ3) is 3.58. The number of carbonyl (C=O) groups excluding carboxylic acids is 1. The molecule has 0 heterocycles. The van der Waals surface area contributed by atoms with Gasteiger partial charge in [0.15, 0.2) is 0 Å². The van der Waals surface area contributed by atoms with E-state index in [0.717, 1.165) is 10.2 Å². The molecular formula is C19H22BrNO. The van der Waals surface area contributed by atoms with Crippen molar-refractivity contribution < 1.29 is 4.79 Å². The second-order valence-corrected chi connectivity index (χ2v) is 6.91. The van der Waals surface area contributed by atoms with Crippen LogP contribution < -0.4 is 5.32 Å². The van der Waals surface area contributed by atoms with Gasteiger partial charge in [-0.2, -0.15) is 0 Å². The molecule has 0 atom stereocenters. The number of hydrogen-bond donors (Lipinski definition) is 1. The molecule has 1 N–H and O–H groups in total. The van der Waals surface area contributed by atoms with Crippen molar-refractivity contribution in [1.82, 2.24) is 0 Å². The lowest BCUT2D eigenvalue weighted by atomic mass is 9.92. The molecule has 1 amide bonds. The number of anilines is 1. The van der Waals surface area contributed by atoms with Crippen molar-refractivity contribution in [3.63, 3.8) is 0 Å². The quantitative estimate of drug-likeness (QED) is 0.717. The number of benzene rings is 2. The molecule has 0 aromatic heterocycles. The number of nitrogens with one attached hydrogen (secondary N) is 1. The summed E-state index contributed by atoms with van der Waals surface area (Å²) in [5.74, 6) is 0.629. The maximum atomic E-state index is 12.6. The van der Waals surface area contributed by atoms with E-state index >= 15 is 0 Å². The van der Waals surface area contributed by atoms with Crippen LogP contribution in [0.2, 0.25) is 0 Å². The van der Waals surface area contributed by atoms with Gasteiger partial charge in [-0.05, 0) is 51.0 Å². The van der Waals surface area contributed by atoms with Gasteiger partial charge in [0.25, 0.3) is 5.91 Å². The van der Waals surface area contributed by atoms with E-state index in [2.05, 4.69) is 67.1 Å². The van der Waals surface area contributed by atoms with E-state index in [9.17, 15) is 4.79 Å². The van der Waals surface area contributed by atoms with E-state index in [1.54, 1.807) is 0 Å². The van der Waals surface area contributed by atoms with Crippen LogP contribution in [0.5, 0.6) is 0 Å². The van der Waals surface area contributed by atoms with Crippen LogP contribution in [-0.4, -0.2) is 5.91 Å². The molecule has 0 aliphatic rings. The molecule has 2 aromatic carbocycles. The van der Waals surface area contributed by atoms with E-state index in [4.69, 9.17) is 0 Å². The van der Waals surface area contributed by atoms with Crippen LogP contribution in [0.3, 0.4) is 0 Å². The number of para-hydroxylation sites is 1. The first-order valence-electron chi connectivity index (χ1n) is 7.60. The lowest BCUT2D eigenvalue weighted by Gasteiger charge is -2.20. The van der Waals surface area contributed by atoms with Gasteiger partial charge in [-0.1, -0.05) is 58.0 Å². The fourth-order valence-corrected chi connectivity index (χ4v) is 2.99. The highest BCUT2D eigenvalue weighted by Gasteiger charge is 2.17. The smallest absolute Gasteiger partial charge is 0.256 e. The van der Waals surface area contributed by atoms with Gasteiger partial charge >= 0.3 is 0 Å². The predicted octanol–water partition coefficient (Wildman–Crippen LogP) is 5.95. The standard InChI is InChI=1S/C19H22BrNO/c1-12(2)14-9-7-10-15(13(3)4)18(14)21-19(22)16-8-5-6-11-17(16)20/h5-13H,1-4H3,(H,21,22). The van der Waals surface area contributed by atoms with Crippen molar-refractivity contribution in [2.45, 2.75) is 39.5 Å². The Balaban J connectivity index is 2.44. The SMILES string of the molecule is CC(C)c1cccc(C(C)C)c1NC(=O)c1ccccc1Br. The molecule has 3 heteroatoms. The minimum absolute atomic E-state index is 0.0810. The molecule has 116 valence electrons. The predicted molar refractivity (Wildman–Crippen MR) is 96.7 cm³/mol. The normalized spacial score (nSPS) is 11.0. The lowest BCUT2D eigenvalue weighted by Crippen LogP contribution is -2.16. The van der Waals surface area contributed by atoms with Gasteiger partial charge in [0.2, 0.25) is 0 Å². The van der Waals surface area contributed by atoms with E-state index in [-0.39, 0.29) is 5.91 Å². The lowest BCUT2D eigenvalue weighted by molar-refractivity contribution is 0.102. The average Bonchev–Trinajstić information content (AvgIpc) is 2.47. The summed E-state index contributed by atoms with van der Waals surface area (Å²) in [4.78, 5) is 12.6. The zero-order valence-electron chi connectivity index (χ0n) is 13.5. The van der Waals surface area contributed by atoms with Crippen LogP contribution >= 0.6 is 15.9 Å².